The van der Waals surface area contributed by atoms with E-state index in [2.05, 4.69) is 21.7 Å². The Morgan fingerprint density at radius 3 is 3.04 bits per heavy atom. The molecule has 2 heterocycles. The lowest BCUT2D eigenvalue weighted by Crippen LogP contribution is -2.14. The van der Waals surface area contributed by atoms with Crippen LogP contribution < -0.4 is 5.32 Å². The number of imidazole rings is 1. The topological polar surface area (TPSA) is 46.9 Å². The lowest BCUT2D eigenvalue weighted by Gasteiger charge is -2.07. The van der Waals surface area contributed by atoms with E-state index in [-0.39, 0.29) is 5.91 Å². The SMILES string of the molecule is O=C(CSc1nccn1Cc1cccs1)Nc1cccc(Cl)c1. The Bertz CT molecular complexity index is 786. The van der Waals surface area contributed by atoms with Gasteiger partial charge in [-0.2, -0.15) is 0 Å². The van der Waals surface area contributed by atoms with Crippen LogP contribution in [0.5, 0.6) is 0 Å². The fourth-order valence-electron chi connectivity index (χ4n) is 2.02. The van der Waals surface area contributed by atoms with Crippen LogP contribution in [0.25, 0.3) is 0 Å². The van der Waals surface area contributed by atoms with Crippen LogP contribution in [0.15, 0.2) is 59.3 Å². The van der Waals surface area contributed by atoms with Crippen molar-refractivity contribution in [3.63, 3.8) is 0 Å². The molecule has 7 heteroatoms. The fourth-order valence-corrected chi connectivity index (χ4v) is 3.67. The number of hydrogen-bond acceptors (Lipinski definition) is 4. The largest absolute Gasteiger partial charge is 0.325 e. The first-order valence-corrected chi connectivity index (χ1v) is 9.17. The summed E-state index contributed by atoms with van der Waals surface area (Å²) in [6, 6.07) is 11.2. The highest BCUT2D eigenvalue weighted by Crippen LogP contribution is 2.20. The quantitative estimate of drug-likeness (QED) is 0.661. The van der Waals surface area contributed by atoms with Crippen LogP contribution in [0, 0.1) is 0 Å². The van der Waals surface area contributed by atoms with Crippen molar-refractivity contribution >= 4 is 46.3 Å². The Balaban J connectivity index is 1.56. The maximum absolute atomic E-state index is 12.0. The highest BCUT2D eigenvalue weighted by Gasteiger charge is 2.09. The van der Waals surface area contributed by atoms with Crippen molar-refractivity contribution in [2.75, 3.05) is 11.1 Å². The smallest absolute Gasteiger partial charge is 0.234 e. The molecule has 0 aliphatic heterocycles. The van der Waals surface area contributed by atoms with E-state index in [0.717, 1.165) is 11.7 Å². The minimum atomic E-state index is -0.0806. The summed E-state index contributed by atoms with van der Waals surface area (Å²) in [4.78, 5) is 17.6. The van der Waals surface area contributed by atoms with Gasteiger partial charge in [0.1, 0.15) is 0 Å². The molecule has 3 aromatic rings. The highest BCUT2D eigenvalue weighted by atomic mass is 35.5. The molecule has 0 atom stereocenters. The third-order valence-electron chi connectivity index (χ3n) is 3.02. The maximum atomic E-state index is 12.0. The van der Waals surface area contributed by atoms with Crippen molar-refractivity contribution in [1.82, 2.24) is 9.55 Å². The molecule has 0 unspecified atom stereocenters. The second kappa shape index (κ2) is 7.68. The van der Waals surface area contributed by atoms with Crippen LogP contribution in [0.3, 0.4) is 0 Å². The number of thiophene rings is 1. The number of aromatic nitrogens is 2. The van der Waals surface area contributed by atoms with E-state index in [1.165, 1.54) is 16.6 Å². The average Bonchev–Trinajstić information content (AvgIpc) is 3.18. The number of carbonyl (C=O) groups is 1. The van der Waals surface area contributed by atoms with Crippen LogP contribution >= 0.6 is 34.7 Å². The van der Waals surface area contributed by atoms with Gasteiger partial charge in [0.05, 0.1) is 12.3 Å². The Morgan fingerprint density at radius 2 is 2.26 bits per heavy atom. The summed E-state index contributed by atoms with van der Waals surface area (Å²) in [7, 11) is 0. The molecule has 4 nitrogen and oxygen atoms in total. The first kappa shape index (κ1) is 16.1. The summed E-state index contributed by atoms with van der Waals surface area (Å²) < 4.78 is 2.04. The molecule has 0 aliphatic carbocycles. The van der Waals surface area contributed by atoms with Gasteiger partial charge in [0.2, 0.25) is 5.91 Å². The molecule has 3 rings (SSSR count). The number of thioether (sulfide) groups is 1. The van der Waals surface area contributed by atoms with Gasteiger partial charge < -0.3 is 9.88 Å². The molecule has 0 saturated carbocycles. The number of carbonyl (C=O) groups excluding carboxylic acids is 1. The van der Waals surface area contributed by atoms with Crippen molar-refractivity contribution in [3.05, 3.63) is 64.1 Å². The minimum Gasteiger partial charge on any atom is -0.325 e. The zero-order valence-corrected chi connectivity index (χ0v) is 14.5. The molecule has 1 amide bonds. The van der Waals surface area contributed by atoms with Crippen LogP contribution in [0.1, 0.15) is 4.88 Å². The number of anilines is 1. The average molecular weight is 364 g/mol. The first-order valence-electron chi connectivity index (χ1n) is 6.92. The molecule has 23 heavy (non-hydrogen) atoms. The number of benzene rings is 1. The van der Waals surface area contributed by atoms with Gasteiger partial charge in [-0.25, -0.2) is 4.98 Å². The van der Waals surface area contributed by atoms with Crippen LogP contribution in [0.2, 0.25) is 5.02 Å². The summed E-state index contributed by atoms with van der Waals surface area (Å²) in [6.45, 7) is 0.774. The molecular weight excluding hydrogens is 350 g/mol. The molecule has 1 aromatic carbocycles. The highest BCUT2D eigenvalue weighted by molar-refractivity contribution is 7.99. The summed E-state index contributed by atoms with van der Waals surface area (Å²) in [6.07, 6.45) is 3.68. The standard InChI is InChI=1S/C16H14ClN3OS2/c17-12-3-1-4-13(9-12)19-15(21)11-23-16-18-6-7-20(16)10-14-5-2-8-22-14/h1-9H,10-11H2,(H,19,21). The molecule has 1 N–H and O–H groups in total. The molecule has 0 aliphatic rings. The number of nitrogens with zero attached hydrogens (tertiary/aromatic N) is 2. The van der Waals surface area contributed by atoms with Gasteiger partial charge >= 0.3 is 0 Å². The van der Waals surface area contributed by atoms with Gasteiger partial charge in [0, 0.05) is 28.0 Å². The normalized spacial score (nSPS) is 10.7. The number of halogens is 1. The zero-order chi connectivity index (χ0) is 16.1. The molecule has 0 fully saturated rings. The van der Waals surface area contributed by atoms with Gasteiger partial charge in [-0.3, -0.25) is 4.79 Å². The predicted molar refractivity (Wildman–Crippen MR) is 96.5 cm³/mol. The van der Waals surface area contributed by atoms with Gasteiger partial charge in [-0.15, -0.1) is 11.3 Å². The van der Waals surface area contributed by atoms with E-state index < -0.39 is 0 Å². The molecule has 0 saturated heterocycles. The third-order valence-corrected chi connectivity index (χ3v) is 5.13. The van der Waals surface area contributed by atoms with Gasteiger partial charge in [0.25, 0.3) is 0 Å². The molecule has 0 spiro atoms. The molecular formula is C16H14ClN3OS2. The van der Waals surface area contributed by atoms with E-state index in [4.69, 9.17) is 11.6 Å². The van der Waals surface area contributed by atoms with Crippen molar-refractivity contribution in [3.8, 4) is 0 Å². The number of nitrogens with one attached hydrogen (secondary N) is 1. The predicted octanol–water partition coefficient (Wildman–Crippen LogP) is 4.38. The van der Waals surface area contributed by atoms with Gasteiger partial charge in [-0.05, 0) is 29.6 Å². The zero-order valence-electron chi connectivity index (χ0n) is 12.1. The van der Waals surface area contributed by atoms with Gasteiger partial charge in [-0.1, -0.05) is 35.5 Å². The third kappa shape index (κ3) is 4.60. The van der Waals surface area contributed by atoms with Crippen molar-refractivity contribution in [2.24, 2.45) is 0 Å². The second-order valence-electron chi connectivity index (χ2n) is 4.76. The van der Waals surface area contributed by atoms with Crippen molar-refractivity contribution in [1.29, 1.82) is 0 Å². The van der Waals surface area contributed by atoms with Crippen molar-refractivity contribution in [2.45, 2.75) is 11.7 Å². The van der Waals surface area contributed by atoms with Crippen LogP contribution in [0.4, 0.5) is 5.69 Å². The Hall–Kier alpha value is -1.76. The minimum absolute atomic E-state index is 0.0806. The van der Waals surface area contributed by atoms with Crippen LogP contribution in [-0.4, -0.2) is 21.2 Å². The molecule has 118 valence electrons. The van der Waals surface area contributed by atoms with Crippen LogP contribution in [-0.2, 0) is 11.3 Å². The summed E-state index contributed by atoms with van der Waals surface area (Å²) in [5, 5.41) is 6.32. The Labute approximate surface area is 147 Å². The van der Waals surface area contributed by atoms with E-state index >= 15 is 0 Å². The van der Waals surface area contributed by atoms with E-state index in [1.807, 2.05) is 22.9 Å². The van der Waals surface area contributed by atoms with E-state index in [0.29, 0.717) is 16.5 Å². The monoisotopic (exact) mass is 363 g/mol. The lowest BCUT2D eigenvalue weighted by atomic mass is 10.3. The first-order chi connectivity index (χ1) is 11.2. The Kier molecular flexibility index (Phi) is 5.38. The van der Waals surface area contributed by atoms with Crippen molar-refractivity contribution < 1.29 is 4.79 Å². The Morgan fingerprint density at radius 1 is 1.35 bits per heavy atom. The number of rotatable bonds is 6. The molecule has 0 radical (unpaired) electrons. The maximum Gasteiger partial charge on any atom is 0.234 e. The number of hydrogen-bond donors (Lipinski definition) is 1. The van der Waals surface area contributed by atoms with E-state index in [9.17, 15) is 4.79 Å². The fraction of sp³-hybridized carbons (Fsp3) is 0.125. The summed E-state index contributed by atoms with van der Waals surface area (Å²) in [5.41, 5.74) is 0.699. The van der Waals surface area contributed by atoms with E-state index in [1.54, 1.807) is 35.7 Å². The van der Waals surface area contributed by atoms with Gasteiger partial charge in [0.15, 0.2) is 5.16 Å². The summed E-state index contributed by atoms with van der Waals surface area (Å²) >= 11 is 9.03. The molecule has 0 bridgehead atoms. The number of amides is 1. The lowest BCUT2D eigenvalue weighted by molar-refractivity contribution is -0.113. The summed E-state index contributed by atoms with van der Waals surface area (Å²) in [5.74, 6) is 0.219. The molecule has 2 aromatic heterocycles. The second-order valence-corrected chi connectivity index (χ2v) is 7.18.